The number of ether oxygens (including phenoxy) is 9. The summed E-state index contributed by atoms with van der Waals surface area (Å²) in [6.45, 7) is 13.1. The zero-order chi connectivity index (χ0) is 50.4. The van der Waals surface area contributed by atoms with Crippen LogP contribution in [-0.4, -0.2) is 142 Å². The first-order valence-corrected chi connectivity index (χ1v) is 27.9. The molecule has 0 aliphatic heterocycles. The van der Waals surface area contributed by atoms with Crippen molar-refractivity contribution in [3.8, 4) is 5.75 Å². The Hall–Kier alpha value is -0.960. The number of rotatable bonds is 49. The molecular formula is C53H96ClNaO14S. The van der Waals surface area contributed by atoms with E-state index in [1.54, 1.807) is 12.1 Å². The van der Waals surface area contributed by atoms with Gasteiger partial charge < -0.3 is 49.2 Å². The van der Waals surface area contributed by atoms with E-state index < -0.39 is 10.1 Å². The minimum Gasteiger partial charge on any atom is -1.00 e. The largest absolute Gasteiger partial charge is 1.00 e. The first-order valence-electron chi connectivity index (χ1n) is 26.1. The fraction of sp³-hybridized carbons (Fsp3) is 0.774. The molecule has 0 aliphatic rings. The van der Waals surface area contributed by atoms with Crippen LogP contribution < -0.4 is 34.3 Å². The SMILES string of the molecule is CCCCCCCCCCCCCCc1ccc(S(=O)(=O)O)cc1.CCCCCCCCCc1ccc(OCCOCCOCCOCCOCCOCCOCCOCCOCCO)cc1.OCl.[H-].[Na+]. The van der Waals surface area contributed by atoms with Crippen molar-refractivity contribution in [3.05, 3.63) is 59.7 Å². The molecule has 0 saturated carbocycles. The van der Waals surface area contributed by atoms with E-state index >= 15 is 0 Å². The van der Waals surface area contributed by atoms with E-state index in [0.29, 0.717) is 112 Å². The average Bonchev–Trinajstić information content (AvgIpc) is 3.36. The molecule has 0 saturated heterocycles. The van der Waals surface area contributed by atoms with E-state index in [1.807, 2.05) is 0 Å². The molecule has 0 aliphatic carbocycles. The first kappa shape index (κ1) is 71.1. The van der Waals surface area contributed by atoms with Crippen LogP contribution in [0.2, 0.25) is 0 Å². The van der Waals surface area contributed by atoms with Gasteiger partial charge in [-0.2, -0.15) is 8.42 Å². The van der Waals surface area contributed by atoms with E-state index in [-0.39, 0.29) is 42.5 Å². The second kappa shape index (κ2) is 57.3. The molecule has 0 spiro atoms. The van der Waals surface area contributed by atoms with Crippen LogP contribution in [-0.2, 0) is 60.9 Å². The molecule has 2 aromatic rings. The van der Waals surface area contributed by atoms with Gasteiger partial charge in [0.1, 0.15) is 12.4 Å². The van der Waals surface area contributed by atoms with Crippen LogP contribution in [0.5, 0.6) is 5.75 Å². The van der Waals surface area contributed by atoms with Gasteiger partial charge in [-0.05, 0) is 61.1 Å². The zero-order valence-electron chi connectivity index (χ0n) is 44.8. The second-order valence-corrected chi connectivity index (χ2v) is 18.2. The van der Waals surface area contributed by atoms with Gasteiger partial charge in [0.25, 0.3) is 10.1 Å². The van der Waals surface area contributed by atoms with Crippen molar-refractivity contribution < 1.29 is 96.4 Å². The Morgan fingerprint density at radius 1 is 0.400 bits per heavy atom. The van der Waals surface area contributed by atoms with Crippen molar-refractivity contribution in [2.75, 3.05) is 119 Å². The molecule has 2 rings (SSSR count). The van der Waals surface area contributed by atoms with E-state index in [4.69, 9.17) is 57.0 Å². The minimum absolute atomic E-state index is 0. The molecule has 0 unspecified atom stereocenters. The number of hydrogen-bond donors (Lipinski definition) is 3. The number of benzene rings is 2. The summed E-state index contributed by atoms with van der Waals surface area (Å²) < 4.78 is 86.5. The Balaban J connectivity index is -0.00000140. The van der Waals surface area contributed by atoms with Crippen LogP contribution in [0.1, 0.15) is 148 Å². The second-order valence-electron chi connectivity index (χ2n) is 16.7. The Kier molecular flexibility index (Phi) is 58.2. The summed E-state index contributed by atoms with van der Waals surface area (Å²) >= 11 is 3.64. The van der Waals surface area contributed by atoms with Crippen LogP contribution in [0.25, 0.3) is 0 Å². The molecule has 0 fully saturated rings. The Morgan fingerprint density at radius 3 is 0.943 bits per heavy atom. The molecule has 17 heteroatoms. The first-order chi connectivity index (χ1) is 33.9. The normalized spacial score (nSPS) is 11.1. The number of hydrogen-bond acceptors (Lipinski definition) is 13. The van der Waals surface area contributed by atoms with Crippen molar-refractivity contribution in [2.24, 2.45) is 0 Å². The summed E-state index contributed by atoms with van der Waals surface area (Å²) in [4.78, 5) is -0.0269. The van der Waals surface area contributed by atoms with Crippen LogP contribution in [0, 0.1) is 0 Å². The topological polar surface area (TPSA) is 178 Å². The Bertz CT molecular complexity index is 1420. The van der Waals surface area contributed by atoms with Gasteiger partial charge in [0, 0.05) is 0 Å². The molecule has 0 bridgehead atoms. The molecule has 0 radical (unpaired) electrons. The molecule has 3 N–H and O–H groups in total. The van der Waals surface area contributed by atoms with Crippen molar-refractivity contribution >= 4 is 22.0 Å². The summed E-state index contributed by atoms with van der Waals surface area (Å²) in [7, 11) is -4.07. The van der Waals surface area contributed by atoms with Gasteiger partial charge >= 0.3 is 29.6 Å². The maximum absolute atomic E-state index is 11.0. The van der Waals surface area contributed by atoms with Crippen LogP contribution in [0.4, 0.5) is 0 Å². The summed E-state index contributed by atoms with van der Waals surface area (Å²) in [6.07, 6.45) is 27.6. The Labute approximate surface area is 453 Å². The van der Waals surface area contributed by atoms with Gasteiger partial charge in [0.15, 0.2) is 0 Å². The van der Waals surface area contributed by atoms with Crippen molar-refractivity contribution in [1.82, 2.24) is 0 Å². The van der Waals surface area contributed by atoms with Gasteiger partial charge in [-0.3, -0.25) is 9.21 Å². The quantitative estimate of drug-likeness (QED) is 0.0331. The van der Waals surface area contributed by atoms with E-state index in [1.165, 1.54) is 133 Å². The smallest absolute Gasteiger partial charge is 1.00 e. The van der Waals surface area contributed by atoms with Crippen LogP contribution in [0.15, 0.2) is 53.4 Å². The molecular weight excluding hydrogens is 951 g/mol. The minimum atomic E-state index is -4.07. The molecule has 0 aromatic heterocycles. The third kappa shape index (κ3) is 50.6. The summed E-state index contributed by atoms with van der Waals surface area (Å²) in [6, 6.07) is 15.0. The molecule has 406 valence electrons. The molecule has 0 amide bonds. The van der Waals surface area contributed by atoms with Gasteiger partial charge in [0.2, 0.25) is 0 Å². The van der Waals surface area contributed by atoms with Crippen molar-refractivity contribution in [2.45, 2.75) is 154 Å². The molecule has 2 aromatic carbocycles. The van der Waals surface area contributed by atoms with Crippen LogP contribution in [0.3, 0.4) is 0 Å². The predicted octanol–water partition coefficient (Wildman–Crippen LogP) is 7.91. The average molecular weight is 1050 g/mol. The molecule has 0 heterocycles. The number of unbranched alkanes of at least 4 members (excludes halogenated alkanes) is 17. The summed E-state index contributed by atoms with van der Waals surface area (Å²) in [5, 5.41) is 8.58. The molecule has 70 heavy (non-hydrogen) atoms. The van der Waals surface area contributed by atoms with Crippen molar-refractivity contribution in [3.63, 3.8) is 0 Å². The number of halogens is 1. The van der Waals surface area contributed by atoms with Gasteiger partial charge in [0.05, 0.1) is 129 Å². The van der Waals surface area contributed by atoms with Gasteiger partial charge in [-0.15, -0.1) is 0 Å². The fourth-order valence-corrected chi connectivity index (χ4v) is 7.44. The zero-order valence-corrected chi connectivity index (χ0v) is 47.4. The molecule has 14 nitrogen and oxygen atoms in total. The van der Waals surface area contributed by atoms with Crippen molar-refractivity contribution in [1.29, 1.82) is 0 Å². The number of aliphatic hydroxyl groups is 1. The van der Waals surface area contributed by atoms with Crippen LogP contribution >= 0.6 is 11.9 Å². The predicted molar refractivity (Wildman–Crippen MR) is 277 cm³/mol. The van der Waals surface area contributed by atoms with E-state index in [0.717, 1.165) is 30.6 Å². The third-order valence-electron chi connectivity index (χ3n) is 10.9. The fourth-order valence-electron chi connectivity index (χ4n) is 6.96. The van der Waals surface area contributed by atoms with E-state index in [9.17, 15) is 8.42 Å². The van der Waals surface area contributed by atoms with E-state index in [2.05, 4.69) is 50.0 Å². The maximum atomic E-state index is 11.0. The third-order valence-corrected chi connectivity index (χ3v) is 11.7. The van der Waals surface area contributed by atoms with Gasteiger partial charge in [-0.25, -0.2) is 0 Å². The standard InChI is InChI=1S/C33H60O10.C20H34O3S.ClHO.Na.H/c1-2-3-4-5-6-7-8-9-32-10-12-33(13-11-32)43-31-30-42-29-28-41-27-26-40-25-24-39-23-22-38-21-20-37-19-18-36-17-16-35-15-14-34;1-2-3-4-5-6-7-8-9-10-11-12-13-14-19-15-17-20(18-16-19)24(21,22)23;1-2;;/h10-13,34H,2-9,14-31H2,1H3;15-18H,2-14H2,1H3,(H,21,22,23);2H;;/q;;;+1;-1. The number of aliphatic hydroxyl groups excluding tert-OH is 1. The summed E-state index contributed by atoms with van der Waals surface area (Å²) in [5.41, 5.74) is 2.51. The summed E-state index contributed by atoms with van der Waals surface area (Å²) in [5.74, 6) is 0.887. The monoisotopic (exact) mass is 1050 g/mol. The van der Waals surface area contributed by atoms with Gasteiger partial charge in [-0.1, -0.05) is 147 Å². The Morgan fingerprint density at radius 2 is 0.657 bits per heavy atom. The molecule has 0 atom stereocenters. The maximum Gasteiger partial charge on any atom is 1.00 e. The number of aryl methyl sites for hydroxylation is 2.